The molecule has 4 nitrogen and oxygen atoms in total. The highest BCUT2D eigenvalue weighted by Crippen LogP contribution is 2.26. The molecule has 0 N–H and O–H groups in total. The van der Waals surface area contributed by atoms with Gasteiger partial charge >= 0.3 is 0 Å². The average molecular weight is 321 g/mol. The van der Waals surface area contributed by atoms with Crippen LogP contribution in [-0.2, 0) is 14.8 Å². The molecule has 0 aromatic heterocycles. The van der Waals surface area contributed by atoms with Gasteiger partial charge in [-0.15, -0.1) is 6.42 Å². The second-order valence-electron chi connectivity index (χ2n) is 5.84. The van der Waals surface area contributed by atoms with Crippen LogP contribution in [0.3, 0.4) is 0 Å². The minimum absolute atomic E-state index is 0.321. The molecule has 22 heavy (non-hydrogen) atoms. The number of aryl methyl sites for hydroxylation is 2. The van der Waals surface area contributed by atoms with Crippen LogP contribution in [0.5, 0.6) is 0 Å². The van der Waals surface area contributed by atoms with E-state index in [2.05, 4.69) is 5.92 Å². The number of ether oxygens (including phenoxy) is 1. The summed E-state index contributed by atoms with van der Waals surface area (Å²) < 4.78 is 32.5. The van der Waals surface area contributed by atoms with Gasteiger partial charge in [-0.3, -0.25) is 0 Å². The van der Waals surface area contributed by atoms with Crippen LogP contribution in [0.1, 0.15) is 24.0 Å². The normalized spacial score (nSPS) is 17.3. The van der Waals surface area contributed by atoms with Crippen molar-refractivity contribution in [3.05, 3.63) is 29.3 Å². The fourth-order valence-electron chi connectivity index (χ4n) is 2.83. The maximum Gasteiger partial charge on any atom is 0.243 e. The third kappa shape index (κ3) is 3.89. The van der Waals surface area contributed by atoms with Crippen molar-refractivity contribution in [1.82, 2.24) is 4.31 Å². The topological polar surface area (TPSA) is 46.6 Å². The number of hydrogen-bond acceptors (Lipinski definition) is 3. The van der Waals surface area contributed by atoms with Crippen LogP contribution in [0.2, 0.25) is 0 Å². The van der Waals surface area contributed by atoms with Crippen LogP contribution in [0.25, 0.3) is 0 Å². The van der Waals surface area contributed by atoms with Gasteiger partial charge in [0.05, 0.1) is 11.5 Å². The molecule has 5 heteroatoms. The molecule has 0 saturated carbocycles. The summed E-state index contributed by atoms with van der Waals surface area (Å²) in [5.41, 5.74) is 1.88. The zero-order chi connectivity index (χ0) is 16.2. The van der Waals surface area contributed by atoms with Crippen LogP contribution in [0.4, 0.5) is 0 Å². The van der Waals surface area contributed by atoms with Crippen molar-refractivity contribution in [3.8, 4) is 12.3 Å². The monoisotopic (exact) mass is 321 g/mol. The highest BCUT2D eigenvalue weighted by Gasteiger charge is 2.30. The standard InChI is InChI=1S/C17H23NO3S/c1-4-11-21-13-16-7-9-18(10-8-16)22(19,20)17-6-5-14(2)12-15(17)3/h1,5-6,12,16H,7-11,13H2,2-3H3. The number of piperidine rings is 1. The summed E-state index contributed by atoms with van der Waals surface area (Å²) in [5.74, 6) is 2.83. The minimum Gasteiger partial charge on any atom is -0.369 e. The maximum atomic E-state index is 12.8. The third-order valence-electron chi connectivity index (χ3n) is 4.06. The second-order valence-corrected chi connectivity index (χ2v) is 7.74. The fraction of sp³-hybridized carbons (Fsp3) is 0.529. The predicted molar refractivity (Wildman–Crippen MR) is 87.1 cm³/mol. The smallest absolute Gasteiger partial charge is 0.243 e. The molecule has 0 bridgehead atoms. The number of terminal acetylenes is 1. The first-order valence-corrected chi connectivity index (χ1v) is 8.97. The SMILES string of the molecule is C#CCOCC1CCN(S(=O)(=O)c2ccc(C)cc2C)CC1. The molecule has 2 rings (SSSR count). The summed E-state index contributed by atoms with van der Waals surface area (Å²) in [7, 11) is -3.40. The average Bonchev–Trinajstić information content (AvgIpc) is 2.47. The van der Waals surface area contributed by atoms with E-state index in [1.165, 1.54) is 0 Å². The van der Waals surface area contributed by atoms with Crippen LogP contribution >= 0.6 is 0 Å². The molecule has 1 aromatic rings. The molecule has 1 aliphatic rings. The Bertz CT molecular complexity index is 653. The summed E-state index contributed by atoms with van der Waals surface area (Å²) in [5, 5.41) is 0. The lowest BCUT2D eigenvalue weighted by Gasteiger charge is -2.31. The van der Waals surface area contributed by atoms with Crippen molar-refractivity contribution in [2.45, 2.75) is 31.6 Å². The zero-order valence-electron chi connectivity index (χ0n) is 13.2. The first-order valence-electron chi connectivity index (χ1n) is 7.53. The third-order valence-corrected chi connectivity index (χ3v) is 6.12. The van der Waals surface area contributed by atoms with E-state index in [0.29, 0.717) is 37.1 Å². The predicted octanol–water partition coefficient (Wildman–Crippen LogP) is 2.35. The molecule has 0 spiro atoms. The molecular weight excluding hydrogens is 298 g/mol. The van der Waals surface area contributed by atoms with Gasteiger partial charge < -0.3 is 4.74 Å². The van der Waals surface area contributed by atoms with Crippen molar-refractivity contribution < 1.29 is 13.2 Å². The van der Waals surface area contributed by atoms with Crippen LogP contribution in [0.15, 0.2) is 23.1 Å². The Labute approximate surface area is 133 Å². The van der Waals surface area contributed by atoms with E-state index in [9.17, 15) is 8.42 Å². The highest BCUT2D eigenvalue weighted by atomic mass is 32.2. The van der Waals surface area contributed by atoms with E-state index in [0.717, 1.165) is 24.0 Å². The van der Waals surface area contributed by atoms with Crippen molar-refractivity contribution in [2.24, 2.45) is 5.92 Å². The fourth-order valence-corrected chi connectivity index (χ4v) is 4.50. The number of rotatable bonds is 5. The quantitative estimate of drug-likeness (QED) is 0.618. The molecule has 1 heterocycles. The van der Waals surface area contributed by atoms with E-state index in [1.807, 2.05) is 26.0 Å². The summed E-state index contributed by atoms with van der Waals surface area (Å²) in [6.45, 7) is 5.83. The van der Waals surface area contributed by atoms with E-state index in [1.54, 1.807) is 10.4 Å². The Morgan fingerprint density at radius 3 is 2.59 bits per heavy atom. The van der Waals surface area contributed by atoms with E-state index < -0.39 is 10.0 Å². The Kier molecular flexibility index (Phi) is 5.63. The van der Waals surface area contributed by atoms with E-state index in [-0.39, 0.29) is 0 Å². The van der Waals surface area contributed by atoms with E-state index in [4.69, 9.17) is 11.2 Å². The lowest BCUT2D eigenvalue weighted by Crippen LogP contribution is -2.39. The minimum atomic E-state index is -3.40. The van der Waals surface area contributed by atoms with Crippen molar-refractivity contribution in [3.63, 3.8) is 0 Å². The molecule has 1 saturated heterocycles. The molecule has 0 aliphatic carbocycles. The van der Waals surface area contributed by atoms with Gasteiger partial charge in [-0.1, -0.05) is 23.6 Å². The zero-order valence-corrected chi connectivity index (χ0v) is 14.0. The molecule has 120 valence electrons. The van der Waals surface area contributed by atoms with Gasteiger partial charge in [0.2, 0.25) is 10.0 Å². The molecular formula is C17H23NO3S. The number of sulfonamides is 1. The first kappa shape index (κ1) is 17.0. The van der Waals surface area contributed by atoms with Crippen molar-refractivity contribution in [1.29, 1.82) is 0 Å². The number of nitrogens with zero attached hydrogens (tertiary/aromatic N) is 1. The van der Waals surface area contributed by atoms with Gasteiger partial charge in [0.25, 0.3) is 0 Å². The highest BCUT2D eigenvalue weighted by molar-refractivity contribution is 7.89. The van der Waals surface area contributed by atoms with Gasteiger partial charge in [-0.05, 0) is 44.2 Å². The number of hydrogen-bond donors (Lipinski definition) is 0. The maximum absolute atomic E-state index is 12.8. The largest absolute Gasteiger partial charge is 0.369 e. The van der Waals surface area contributed by atoms with Crippen LogP contribution in [-0.4, -0.2) is 39.0 Å². The van der Waals surface area contributed by atoms with Crippen molar-refractivity contribution >= 4 is 10.0 Å². The summed E-state index contributed by atoms with van der Waals surface area (Å²) in [6.07, 6.45) is 6.78. The Hall–Kier alpha value is -1.35. The molecule has 0 radical (unpaired) electrons. The van der Waals surface area contributed by atoms with E-state index >= 15 is 0 Å². The number of benzene rings is 1. The van der Waals surface area contributed by atoms with Gasteiger partial charge in [-0.25, -0.2) is 8.42 Å². The summed E-state index contributed by atoms with van der Waals surface area (Å²) >= 11 is 0. The van der Waals surface area contributed by atoms with Gasteiger partial charge in [0.1, 0.15) is 6.61 Å². The lowest BCUT2D eigenvalue weighted by molar-refractivity contribution is 0.101. The molecule has 0 unspecified atom stereocenters. The Morgan fingerprint density at radius 1 is 1.32 bits per heavy atom. The van der Waals surface area contributed by atoms with Crippen LogP contribution in [0, 0.1) is 32.1 Å². The Balaban J connectivity index is 2.02. The Morgan fingerprint density at radius 2 is 2.00 bits per heavy atom. The van der Waals surface area contributed by atoms with Crippen molar-refractivity contribution in [2.75, 3.05) is 26.3 Å². The molecule has 0 atom stereocenters. The molecule has 1 aliphatic heterocycles. The summed E-state index contributed by atoms with van der Waals surface area (Å²) in [4.78, 5) is 0.417. The molecule has 1 fully saturated rings. The lowest BCUT2D eigenvalue weighted by atomic mass is 9.99. The summed E-state index contributed by atoms with van der Waals surface area (Å²) in [6, 6.07) is 5.47. The first-order chi connectivity index (χ1) is 10.4. The van der Waals surface area contributed by atoms with Gasteiger partial charge in [-0.2, -0.15) is 4.31 Å². The van der Waals surface area contributed by atoms with Gasteiger partial charge in [0, 0.05) is 13.1 Å². The van der Waals surface area contributed by atoms with Crippen LogP contribution < -0.4 is 0 Å². The second kappa shape index (κ2) is 7.28. The molecule has 1 aromatic carbocycles. The molecule has 0 amide bonds. The van der Waals surface area contributed by atoms with Gasteiger partial charge in [0.15, 0.2) is 0 Å².